The van der Waals surface area contributed by atoms with Crippen molar-refractivity contribution >= 4 is 12.4 Å². The van der Waals surface area contributed by atoms with Crippen LogP contribution in [-0.4, -0.2) is 19.8 Å². The fourth-order valence-corrected chi connectivity index (χ4v) is 2.30. The van der Waals surface area contributed by atoms with E-state index in [1.54, 1.807) is 6.07 Å². The number of rotatable bonds is 3. The van der Waals surface area contributed by atoms with Crippen LogP contribution in [0.5, 0.6) is 0 Å². The molecule has 1 aliphatic heterocycles. The number of halogens is 2. The summed E-state index contributed by atoms with van der Waals surface area (Å²) in [6.45, 7) is 2.09. The van der Waals surface area contributed by atoms with E-state index in [2.05, 4.69) is 0 Å². The standard InChI is InChI=1S/C13H18FNO.ClH/c14-12-4-2-1-3-11(12)9-13(10-15)5-7-16-8-6-13;/h1-4H,5-10,15H2;1H. The molecule has 0 amide bonds. The number of hydrogen-bond donors (Lipinski definition) is 1. The molecule has 17 heavy (non-hydrogen) atoms. The third-order valence-electron chi connectivity index (χ3n) is 3.51. The van der Waals surface area contributed by atoms with Gasteiger partial charge in [0.25, 0.3) is 0 Å². The van der Waals surface area contributed by atoms with Crippen LogP contribution < -0.4 is 5.73 Å². The van der Waals surface area contributed by atoms with Gasteiger partial charge < -0.3 is 10.5 Å². The Hall–Kier alpha value is -0.640. The Morgan fingerprint density at radius 3 is 2.47 bits per heavy atom. The molecule has 2 nitrogen and oxygen atoms in total. The highest BCUT2D eigenvalue weighted by atomic mass is 35.5. The van der Waals surface area contributed by atoms with Crippen LogP contribution in [0, 0.1) is 11.2 Å². The highest BCUT2D eigenvalue weighted by Crippen LogP contribution is 2.33. The number of nitrogens with two attached hydrogens (primary N) is 1. The van der Waals surface area contributed by atoms with Crippen molar-refractivity contribution in [1.82, 2.24) is 0 Å². The van der Waals surface area contributed by atoms with E-state index in [-0.39, 0.29) is 23.6 Å². The van der Waals surface area contributed by atoms with Gasteiger partial charge in [-0.25, -0.2) is 4.39 Å². The Bertz CT molecular complexity index is 353. The molecule has 1 saturated heterocycles. The lowest BCUT2D eigenvalue weighted by molar-refractivity contribution is 0.0187. The average molecular weight is 260 g/mol. The van der Waals surface area contributed by atoms with Gasteiger partial charge in [0, 0.05) is 13.2 Å². The molecule has 4 heteroatoms. The fourth-order valence-electron chi connectivity index (χ4n) is 2.30. The van der Waals surface area contributed by atoms with E-state index in [9.17, 15) is 4.39 Å². The minimum Gasteiger partial charge on any atom is -0.381 e. The Morgan fingerprint density at radius 1 is 1.24 bits per heavy atom. The summed E-state index contributed by atoms with van der Waals surface area (Å²) in [7, 11) is 0. The van der Waals surface area contributed by atoms with Gasteiger partial charge in [-0.2, -0.15) is 0 Å². The topological polar surface area (TPSA) is 35.2 Å². The molecule has 0 aromatic heterocycles. The van der Waals surface area contributed by atoms with Gasteiger partial charge in [0.15, 0.2) is 0 Å². The molecular formula is C13H19ClFNO. The Labute approximate surface area is 108 Å². The van der Waals surface area contributed by atoms with Gasteiger partial charge in [-0.05, 0) is 42.9 Å². The summed E-state index contributed by atoms with van der Waals surface area (Å²) in [6.07, 6.45) is 2.58. The van der Waals surface area contributed by atoms with Gasteiger partial charge in [0.1, 0.15) is 5.82 Å². The van der Waals surface area contributed by atoms with Crippen molar-refractivity contribution in [2.75, 3.05) is 19.8 Å². The van der Waals surface area contributed by atoms with Crippen LogP contribution >= 0.6 is 12.4 Å². The molecule has 0 atom stereocenters. The molecular weight excluding hydrogens is 241 g/mol. The minimum atomic E-state index is -0.123. The van der Waals surface area contributed by atoms with Gasteiger partial charge in [0.05, 0.1) is 0 Å². The number of ether oxygens (including phenoxy) is 1. The fraction of sp³-hybridized carbons (Fsp3) is 0.538. The van der Waals surface area contributed by atoms with Crippen LogP contribution in [0.15, 0.2) is 24.3 Å². The second kappa shape index (κ2) is 6.34. The lowest BCUT2D eigenvalue weighted by Gasteiger charge is -2.36. The zero-order valence-corrected chi connectivity index (χ0v) is 10.6. The Kier molecular flexibility index (Phi) is 5.37. The van der Waals surface area contributed by atoms with Crippen molar-refractivity contribution in [2.24, 2.45) is 11.1 Å². The maximum atomic E-state index is 13.6. The van der Waals surface area contributed by atoms with Gasteiger partial charge in [0.2, 0.25) is 0 Å². The van der Waals surface area contributed by atoms with E-state index < -0.39 is 0 Å². The van der Waals surface area contributed by atoms with E-state index in [0.29, 0.717) is 6.54 Å². The summed E-state index contributed by atoms with van der Waals surface area (Å²) in [5, 5.41) is 0. The van der Waals surface area contributed by atoms with E-state index in [4.69, 9.17) is 10.5 Å². The lowest BCUT2D eigenvalue weighted by atomic mass is 9.75. The molecule has 2 rings (SSSR count). The summed E-state index contributed by atoms with van der Waals surface area (Å²) < 4.78 is 18.9. The second-order valence-corrected chi connectivity index (χ2v) is 4.58. The van der Waals surface area contributed by atoms with Crippen molar-refractivity contribution < 1.29 is 9.13 Å². The van der Waals surface area contributed by atoms with E-state index >= 15 is 0 Å². The predicted molar refractivity (Wildman–Crippen MR) is 68.9 cm³/mol. The first-order valence-corrected chi connectivity index (χ1v) is 5.77. The van der Waals surface area contributed by atoms with Gasteiger partial charge >= 0.3 is 0 Å². The summed E-state index contributed by atoms with van der Waals surface area (Å²) in [5.41, 5.74) is 6.66. The van der Waals surface area contributed by atoms with E-state index in [0.717, 1.165) is 38.0 Å². The van der Waals surface area contributed by atoms with Crippen molar-refractivity contribution in [3.05, 3.63) is 35.6 Å². The highest BCUT2D eigenvalue weighted by molar-refractivity contribution is 5.85. The quantitative estimate of drug-likeness (QED) is 0.906. The zero-order chi connectivity index (χ0) is 11.4. The zero-order valence-electron chi connectivity index (χ0n) is 9.82. The smallest absolute Gasteiger partial charge is 0.126 e. The summed E-state index contributed by atoms with van der Waals surface area (Å²) >= 11 is 0. The highest BCUT2D eigenvalue weighted by Gasteiger charge is 2.31. The maximum absolute atomic E-state index is 13.6. The van der Waals surface area contributed by atoms with Crippen LogP contribution in [0.25, 0.3) is 0 Å². The van der Waals surface area contributed by atoms with Crippen LogP contribution in [0.3, 0.4) is 0 Å². The van der Waals surface area contributed by atoms with Crippen LogP contribution in [0.2, 0.25) is 0 Å². The summed E-state index contributed by atoms with van der Waals surface area (Å²) in [6, 6.07) is 6.96. The molecule has 0 unspecified atom stereocenters. The Morgan fingerprint density at radius 2 is 1.88 bits per heavy atom. The first-order valence-electron chi connectivity index (χ1n) is 5.77. The molecule has 0 spiro atoms. The molecule has 96 valence electrons. The van der Waals surface area contributed by atoms with E-state index in [1.165, 1.54) is 6.07 Å². The number of hydrogen-bond acceptors (Lipinski definition) is 2. The molecule has 2 N–H and O–H groups in total. The maximum Gasteiger partial charge on any atom is 0.126 e. The summed E-state index contributed by atoms with van der Waals surface area (Å²) in [4.78, 5) is 0. The average Bonchev–Trinajstić information content (AvgIpc) is 2.33. The molecule has 1 heterocycles. The Balaban J connectivity index is 0.00000144. The van der Waals surface area contributed by atoms with E-state index in [1.807, 2.05) is 12.1 Å². The predicted octanol–water partition coefficient (Wildman–Crippen LogP) is 2.55. The van der Waals surface area contributed by atoms with Crippen LogP contribution in [0.4, 0.5) is 4.39 Å². The van der Waals surface area contributed by atoms with Crippen LogP contribution in [-0.2, 0) is 11.2 Å². The monoisotopic (exact) mass is 259 g/mol. The van der Waals surface area contributed by atoms with Gasteiger partial charge in [-0.15, -0.1) is 12.4 Å². The molecule has 1 aliphatic rings. The first kappa shape index (κ1) is 14.4. The minimum absolute atomic E-state index is 0. The van der Waals surface area contributed by atoms with Crippen molar-refractivity contribution in [1.29, 1.82) is 0 Å². The molecule has 0 saturated carbocycles. The van der Waals surface area contributed by atoms with Gasteiger partial charge in [-0.1, -0.05) is 18.2 Å². The molecule has 1 fully saturated rings. The van der Waals surface area contributed by atoms with Crippen LogP contribution in [0.1, 0.15) is 18.4 Å². The van der Waals surface area contributed by atoms with Gasteiger partial charge in [-0.3, -0.25) is 0 Å². The molecule has 0 radical (unpaired) electrons. The molecule has 1 aromatic rings. The summed E-state index contributed by atoms with van der Waals surface area (Å²) in [5.74, 6) is -0.123. The third kappa shape index (κ3) is 3.41. The van der Waals surface area contributed by atoms with Crippen molar-refractivity contribution in [3.8, 4) is 0 Å². The second-order valence-electron chi connectivity index (χ2n) is 4.58. The molecule has 0 bridgehead atoms. The first-order chi connectivity index (χ1) is 7.76. The van der Waals surface area contributed by atoms with Crippen molar-refractivity contribution in [2.45, 2.75) is 19.3 Å². The third-order valence-corrected chi connectivity index (χ3v) is 3.51. The SMILES string of the molecule is Cl.NCC1(Cc2ccccc2F)CCOCC1. The van der Waals surface area contributed by atoms with Crippen molar-refractivity contribution in [3.63, 3.8) is 0 Å². The largest absolute Gasteiger partial charge is 0.381 e. The number of benzene rings is 1. The lowest BCUT2D eigenvalue weighted by Crippen LogP contribution is -2.38. The molecule has 1 aromatic carbocycles. The molecule has 0 aliphatic carbocycles. The normalized spacial score (nSPS) is 18.5.